The van der Waals surface area contributed by atoms with E-state index in [1.807, 2.05) is 127 Å². The molecule has 1 N–H and O–H groups in total. The average Bonchev–Trinajstić information content (AvgIpc) is 3.35. The van der Waals surface area contributed by atoms with Gasteiger partial charge in [-0.25, -0.2) is 4.68 Å². The molecule has 4 nitrogen and oxygen atoms in total. The molecule has 0 atom stereocenters. The van der Waals surface area contributed by atoms with Gasteiger partial charge in [0, 0.05) is 5.56 Å². The van der Waals surface area contributed by atoms with Gasteiger partial charge in [-0.2, -0.15) is 5.10 Å². The highest BCUT2D eigenvalue weighted by Crippen LogP contribution is 2.25. The Morgan fingerprint density at radius 2 is 1.15 bits per heavy atom. The number of hydrogen-bond acceptors (Lipinski definition) is 2. The van der Waals surface area contributed by atoms with Crippen LogP contribution in [0.25, 0.3) is 16.9 Å². The summed E-state index contributed by atoms with van der Waals surface area (Å²) in [5.74, 6) is -0.189. The third-order valence-corrected chi connectivity index (χ3v) is 5.55. The quantitative estimate of drug-likeness (QED) is 0.357. The number of carbonyl (C=O) groups is 1. The summed E-state index contributed by atoms with van der Waals surface area (Å²) < 4.78 is 1.71. The standard InChI is InChI=1S/C29H23N3O/c33-29(30-28(23-15-7-2-8-16-23)24-17-9-3-10-18-24)27-21-26(22-13-5-1-6-14-22)31-32(27)25-19-11-4-12-20-25/h1-21,28H,(H,30,33). The highest BCUT2D eigenvalue weighted by molar-refractivity contribution is 5.95. The van der Waals surface area contributed by atoms with Crippen molar-refractivity contribution in [3.05, 3.63) is 144 Å². The summed E-state index contributed by atoms with van der Waals surface area (Å²) in [5.41, 5.74) is 5.07. The van der Waals surface area contributed by atoms with Gasteiger partial charge in [0.1, 0.15) is 5.69 Å². The highest BCUT2D eigenvalue weighted by atomic mass is 16.2. The number of carbonyl (C=O) groups excluding carboxylic acids is 1. The maximum atomic E-state index is 13.7. The molecule has 160 valence electrons. The van der Waals surface area contributed by atoms with Crippen molar-refractivity contribution in [2.45, 2.75) is 6.04 Å². The molecule has 5 aromatic rings. The van der Waals surface area contributed by atoms with Gasteiger partial charge in [-0.05, 0) is 29.3 Å². The average molecular weight is 430 g/mol. The maximum Gasteiger partial charge on any atom is 0.270 e. The molecule has 0 fully saturated rings. The van der Waals surface area contributed by atoms with Crippen LogP contribution in [-0.4, -0.2) is 15.7 Å². The minimum absolute atomic E-state index is 0.189. The molecule has 33 heavy (non-hydrogen) atoms. The first-order valence-electron chi connectivity index (χ1n) is 10.9. The fraction of sp³-hybridized carbons (Fsp3) is 0.0345. The van der Waals surface area contributed by atoms with Gasteiger partial charge in [-0.3, -0.25) is 4.79 Å². The van der Waals surface area contributed by atoms with Crippen molar-refractivity contribution in [2.24, 2.45) is 0 Å². The van der Waals surface area contributed by atoms with Crippen LogP contribution in [0, 0.1) is 0 Å². The summed E-state index contributed by atoms with van der Waals surface area (Å²) in [5, 5.41) is 8.02. The Balaban J connectivity index is 1.56. The summed E-state index contributed by atoms with van der Waals surface area (Å²) in [6, 6.07) is 41.2. The zero-order chi connectivity index (χ0) is 22.5. The Kier molecular flexibility index (Phi) is 5.81. The number of para-hydroxylation sites is 1. The summed E-state index contributed by atoms with van der Waals surface area (Å²) in [6.07, 6.45) is 0. The van der Waals surface area contributed by atoms with Gasteiger partial charge >= 0.3 is 0 Å². The molecule has 0 bridgehead atoms. The molecule has 1 aromatic heterocycles. The number of aromatic nitrogens is 2. The van der Waals surface area contributed by atoms with Gasteiger partial charge in [0.05, 0.1) is 17.4 Å². The zero-order valence-corrected chi connectivity index (χ0v) is 18.0. The van der Waals surface area contributed by atoms with Crippen LogP contribution in [0.1, 0.15) is 27.7 Å². The van der Waals surface area contributed by atoms with Gasteiger partial charge in [0.15, 0.2) is 0 Å². The molecule has 0 aliphatic heterocycles. The largest absolute Gasteiger partial charge is 0.340 e. The summed E-state index contributed by atoms with van der Waals surface area (Å²) >= 11 is 0. The minimum Gasteiger partial charge on any atom is -0.340 e. The van der Waals surface area contributed by atoms with Crippen molar-refractivity contribution >= 4 is 5.91 Å². The van der Waals surface area contributed by atoms with Crippen LogP contribution in [0.2, 0.25) is 0 Å². The van der Waals surface area contributed by atoms with Crippen molar-refractivity contribution in [2.75, 3.05) is 0 Å². The van der Waals surface area contributed by atoms with E-state index in [0.717, 1.165) is 28.1 Å². The van der Waals surface area contributed by atoms with E-state index < -0.39 is 0 Å². The number of rotatable bonds is 6. The molecule has 0 radical (unpaired) electrons. The molecule has 0 aliphatic carbocycles. The van der Waals surface area contributed by atoms with Crippen LogP contribution in [0.5, 0.6) is 0 Å². The molecule has 4 aromatic carbocycles. The van der Waals surface area contributed by atoms with Gasteiger partial charge in [0.25, 0.3) is 5.91 Å². The molecule has 4 heteroatoms. The second-order valence-corrected chi connectivity index (χ2v) is 7.76. The minimum atomic E-state index is -0.279. The van der Waals surface area contributed by atoms with Gasteiger partial charge in [0.2, 0.25) is 0 Å². The molecule has 0 spiro atoms. The molecule has 5 rings (SSSR count). The van der Waals surface area contributed by atoms with Crippen molar-refractivity contribution in [1.29, 1.82) is 0 Å². The molecule has 0 aliphatic rings. The molecule has 0 saturated carbocycles. The number of benzene rings is 4. The van der Waals surface area contributed by atoms with Crippen LogP contribution in [0.15, 0.2) is 127 Å². The normalized spacial score (nSPS) is 10.8. The predicted molar refractivity (Wildman–Crippen MR) is 131 cm³/mol. The lowest BCUT2D eigenvalue weighted by atomic mass is 9.98. The Hall–Kier alpha value is -4.44. The third-order valence-electron chi connectivity index (χ3n) is 5.55. The van der Waals surface area contributed by atoms with Gasteiger partial charge in [-0.1, -0.05) is 109 Å². The summed E-state index contributed by atoms with van der Waals surface area (Å²) in [6.45, 7) is 0. The highest BCUT2D eigenvalue weighted by Gasteiger charge is 2.22. The van der Waals surface area contributed by atoms with Gasteiger partial charge in [-0.15, -0.1) is 0 Å². The van der Waals surface area contributed by atoms with E-state index in [2.05, 4.69) is 5.32 Å². The number of hydrogen-bond donors (Lipinski definition) is 1. The Bertz CT molecular complexity index is 1290. The first-order chi connectivity index (χ1) is 16.3. The number of nitrogens with one attached hydrogen (secondary N) is 1. The van der Waals surface area contributed by atoms with Crippen LogP contribution in [0.3, 0.4) is 0 Å². The smallest absolute Gasteiger partial charge is 0.270 e. The lowest BCUT2D eigenvalue weighted by Gasteiger charge is -2.20. The van der Waals surface area contributed by atoms with E-state index in [4.69, 9.17) is 5.10 Å². The molecule has 0 saturated heterocycles. The Morgan fingerprint density at radius 1 is 0.667 bits per heavy atom. The fourth-order valence-corrected chi connectivity index (χ4v) is 3.91. The summed E-state index contributed by atoms with van der Waals surface area (Å²) in [4.78, 5) is 13.7. The van der Waals surface area contributed by atoms with Crippen LogP contribution in [-0.2, 0) is 0 Å². The first kappa shape index (κ1) is 20.5. The van der Waals surface area contributed by atoms with Crippen molar-refractivity contribution in [3.8, 4) is 16.9 Å². The second kappa shape index (κ2) is 9.37. The van der Waals surface area contributed by atoms with E-state index >= 15 is 0 Å². The predicted octanol–water partition coefficient (Wildman–Crippen LogP) is 6.06. The Morgan fingerprint density at radius 3 is 1.70 bits per heavy atom. The van der Waals surface area contributed by atoms with Crippen LogP contribution in [0.4, 0.5) is 0 Å². The van der Waals surface area contributed by atoms with Crippen molar-refractivity contribution < 1.29 is 4.79 Å². The van der Waals surface area contributed by atoms with E-state index in [0.29, 0.717) is 5.69 Å². The van der Waals surface area contributed by atoms with Crippen LogP contribution < -0.4 is 5.32 Å². The monoisotopic (exact) mass is 429 g/mol. The van der Waals surface area contributed by atoms with Crippen molar-refractivity contribution in [1.82, 2.24) is 15.1 Å². The zero-order valence-electron chi connectivity index (χ0n) is 18.0. The van der Waals surface area contributed by atoms with E-state index in [1.165, 1.54) is 0 Å². The molecule has 0 unspecified atom stereocenters. The number of nitrogens with zero attached hydrogens (tertiary/aromatic N) is 2. The lowest BCUT2D eigenvalue weighted by Crippen LogP contribution is -2.31. The Labute approximate surface area is 193 Å². The molecular weight excluding hydrogens is 406 g/mol. The SMILES string of the molecule is O=C(NC(c1ccccc1)c1ccccc1)c1cc(-c2ccccc2)nn1-c1ccccc1. The fourth-order valence-electron chi connectivity index (χ4n) is 3.91. The van der Waals surface area contributed by atoms with Gasteiger partial charge < -0.3 is 5.32 Å². The summed E-state index contributed by atoms with van der Waals surface area (Å²) in [7, 11) is 0. The molecule has 1 amide bonds. The van der Waals surface area contributed by atoms with Crippen molar-refractivity contribution in [3.63, 3.8) is 0 Å². The van der Waals surface area contributed by atoms with Crippen LogP contribution >= 0.6 is 0 Å². The topological polar surface area (TPSA) is 46.9 Å². The first-order valence-corrected chi connectivity index (χ1v) is 10.9. The van der Waals surface area contributed by atoms with E-state index in [-0.39, 0.29) is 11.9 Å². The van der Waals surface area contributed by atoms with E-state index in [9.17, 15) is 4.79 Å². The third kappa shape index (κ3) is 4.46. The molecular formula is C29H23N3O. The second-order valence-electron chi connectivity index (χ2n) is 7.76. The van der Waals surface area contributed by atoms with E-state index in [1.54, 1.807) is 4.68 Å². The molecule has 1 heterocycles. The maximum absolute atomic E-state index is 13.7. The number of amides is 1. The lowest BCUT2D eigenvalue weighted by molar-refractivity contribution is 0.0935.